The number of benzene rings is 1. The van der Waals surface area contributed by atoms with Crippen LogP contribution in [0.2, 0.25) is 5.02 Å². The summed E-state index contributed by atoms with van der Waals surface area (Å²) in [5, 5.41) is 16.4. The average molecular weight is 324 g/mol. The molecule has 0 fully saturated rings. The Morgan fingerprint density at radius 1 is 1.48 bits per heavy atom. The highest BCUT2D eigenvalue weighted by atomic mass is 35.5. The van der Waals surface area contributed by atoms with Crippen molar-refractivity contribution >= 4 is 40.7 Å². The van der Waals surface area contributed by atoms with Crippen molar-refractivity contribution in [3.63, 3.8) is 0 Å². The Kier molecular flexibility index (Phi) is 4.66. The molecule has 0 saturated heterocycles. The van der Waals surface area contributed by atoms with Gasteiger partial charge in [0.25, 0.3) is 11.6 Å². The van der Waals surface area contributed by atoms with Gasteiger partial charge >= 0.3 is 0 Å². The number of non-ortho nitro benzene ring substituents is 1. The molecule has 1 aromatic carbocycles. The number of carbonyl (C=O) groups excluding carboxylic acids is 1. The Labute approximate surface area is 129 Å². The second-order valence-corrected chi connectivity index (χ2v) is 5.58. The van der Waals surface area contributed by atoms with Gasteiger partial charge in [0, 0.05) is 22.6 Å². The molecule has 1 amide bonds. The number of aryl methyl sites for hydroxylation is 1. The number of thiophene rings is 1. The number of hydrogen-bond acceptors (Lipinski definition) is 5. The summed E-state index contributed by atoms with van der Waals surface area (Å²) in [4.78, 5) is 23.0. The quantitative estimate of drug-likeness (QED) is 0.531. The second-order valence-electron chi connectivity index (χ2n) is 4.05. The van der Waals surface area contributed by atoms with Crippen LogP contribution in [0, 0.1) is 17.0 Å². The van der Waals surface area contributed by atoms with Crippen LogP contribution < -0.4 is 5.43 Å². The van der Waals surface area contributed by atoms with Gasteiger partial charge in [-0.25, -0.2) is 5.43 Å². The summed E-state index contributed by atoms with van der Waals surface area (Å²) < 4.78 is 0. The third-order valence-electron chi connectivity index (χ3n) is 2.68. The molecule has 1 heterocycles. The van der Waals surface area contributed by atoms with Crippen LogP contribution in [0.5, 0.6) is 0 Å². The number of carbonyl (C=O) groups is 1. The van der Waals surface area contributed by atoms with Crippen molar-refractivity contribution in [2.75, 3.05) is 0 Å². The number of amides is 1. The van der Waals surface area contributed by atoms with Crippen molar-refractivity contribution in [2.24, 2.45) is 5.10 Å². The molecule has 0 radical (unpaired) electrons. The first-order valence-electron chi connectivity index (χ1n) is 5.80. The monoisotopic (exact) mass is 323 g/mol. The van der Waals surface area contributed by atoms with E-state index in [9.17, 15) is 14.9 Å². The first-order chi connectivity index (χ1) is 9.99. The van der Waals surface area contributed by atoms with E-state index < -0.39 is 10.8 Å². The maximum absolute atomic E-state index is 11.9. The SMILES string of the molecule is Cc1sccc1/C=N\NC(=O)c1ccc([N+](=O)[O-])cc1Cl. The Hall–Kier alpha value is -2.25. The maximum Gasteiger partial charge on any atom is 0.272 e. The van der Waals surface area contributed by atoms with Crippen molar-refractivity contribution < 1.29 is 9.72 Å². The molecule has 0 aliphatic carbocycles. The van der Waals surface area contributed by atoms with E-state index in [1.54, 1.807) is 11.3 Å². The number of nitrogens with one attached hydrogen (secondary N) is 1. The van der Waals surface area contributed by atoms with Gasteiger partial charge in [-0.05, 0) is 24.4 Å². The highest BCUT2D eigenvalue weighted by Crippen LogP contribution is 2.22. The van der Waals surface area contributed by atoms with Crippen LogP contribution in [0.4, 0.5) is 5.69 Å². The van der Waals surface area contributed by atoms with E-state index in [0.29, 0.717) is 0 Å². The van der Waals surface area contributed by atoms with Crippen LogP contribution in [0.15, 0.2) is 34.7 Å². The van der Waals surface area contributed by atoms with Gasteiger partial charge in [0.1, 0.15) is 0 Å². The third-order valence-corrected chi connectivity index (χ3v) is 3.85. The highest BCUT2D eigenvalue weighted by Gasteiger charge is 2.14. The topological polar surface area (TPSA) is 84.6 Å². The molecule has 21 heavy (non-hydrogen) atoms. The lowest BCUT2D eigenvalue weighted by Crippen LogP contribution is -2.18. The van der Waals surface area contributed by atoms with Crippen LogP contribution in [0.1, 0.15) is 20.8 Å². The lowest BCUT2D eigenvalue weighted by Gasteiger charge is -2.02. The number of nitro groups is 1. The molecular formula is C13H10ClN3O3S. The van der Waals surface area contributed by atoms with E-state index in [2.05, 4.69) is 10.5 Å². The van der Waals surface area contributed by atoms with E-state index in [1.165, 1.54) is 18.3 Å². The number of hydrogen-bond donors (Lipinski definition) is 1. The lowest BCUT2D eigenvalue weighted by molar-refractivity contribution is -0.384. The zero-order chi connectivity index (χ0) is 15.4. The fraction of sp³-hybridized carbons (Fsp3) is 0.0769. The van der Waals surface area contributed by atoms with Crippen molar-refractivity contribution in [3.05, 3.63) is 60.8 Å². The van der Waals surface area contributed by atoms with Crippen LogP contribution in [-0.2, 0) is 0 Å². The zero-order valence-electron chi connectivity index (χ0n) is 10.9. The minimum absolute atomic E-state index is 0.00335. The molecule has 8 heteroatoms. The fourth-order valence-electron chi connectivity index (χ4n) is 1.55. The van der Waals surface area contributed by atoms with Crippen molar-refractivity contribution in [2.45, 2.75) is 6.92 Å². The Balaban J connectivity index is 2.09. The highest BCUT2D eigenvalue weighted by molar-refractivity contribution is 7.10. The van der Waals surface area contributed by atoms with Crippen molar-refractivity contribution in [3.8, 4) is 0 Å². The largest absolute Gasteiger partial charge is 0.272 e. The summed E-state index contributed by atoms with van der Waals surface area (Å²) in [6, 6.07) is 5.52. The Bertz CT molecular complexity index is 727. The molecule has 108 valence electrons. The molecule has 0 bridgehead atoms. The van der Waals surface area contributed by atoms with E-state index in [-0.39, 0.29) is 16.3 Å². The summed E-state index contributed by atoms with van der Waals surface area (Å²) >= 11 is 7.43. The van der Waals surface area contributed by atoms with Gasteiger partial charge < -0.3 is 0 Å². The van der Waals surface area contributed by atoms with Gasteiger partial charge in [-0.15, -0.1) is 11.3 Å². The molecular weight excluding hydrogens is 314 g/mol. The minimum atomic E-state index is -0.578. The molecule has 0 aliphatic rings. The van der Waals surface area contributed by atoms with E-state index >= 15 is 0 Å². The zero-order valence-corrected chi connectivity index (χ0v) is 12.4. The molecule has 2 rings (SSSR count). The van der Waals surface area contributed by atoms with E-state index in [4.69, 9.17) is 11.6 Å². The second kappa shape index (κ2) is 6.47. The third kappa shape index (κ3) is 3.65. The van der Waals surface area contributed by atoms with Crippen molar-refractivity contribution in [1.29, 1.82) is 0 Å². The molecule has 1 aromatic heterocycles. The van der Waals surface area contributed by atoms with Gasteiger partial charge in [0.15, 0.2) is 0 Å². The number of nitro benzene ring substituents is 1. The van der Waals surface area contributed by atoms with Gasteiger partial charge in [-0.1, -0.05) is 11.6 Å². The summed E-state index contributed by atoms with van der Waals surface area (Å²) in [6.45, 7) is 1.95. The molecule has 1 N–H and O–H groups in total. The summed E-state index contributed by atoms with van der Waals surface area (Å²) in [6.07, 6.45) is 1.53. The first-order valence-corrected chi connectivity index (χ1v) is 7.06. The number of nitrogens with zero attached hydrogens (tertiary/aromatic N) is 2. The standard InChI is InChI=1S/C13H10ClN3O3S/c1-8-9(4-5-21-8)7-15-16-13(18)11-3-2-10(17(19)20)6-12(11)14/h2-7H,1H3,(H,16,18)/b15-7-. The molecule has 2 aromatic rings. The number of halogens is 1. The minimum Gasteiger partial charge on any atom is -0.267 e. The first kappa shape index (κ1) is 15.1. The fourth-order valence-corrected chi connectivity index (χ4v) is 2.49. The summed E-state index contributed by atoms with van der Waals surface area (Å²) in [7, 11) is 0. The van der Waals surface area contributed by atoms with Crippen LogP contribution in [-0.4, -0.2) is 17.0 Å². The Morgan fingerprint density at radius 3 is 2.81 bits per heavy atom. The van der Waals surface area contributed by atoms with Crippen LogP contribution in [0.3, 0.4) is 0 Å². The van der Waals surface area contributed by atoms with Gasteiger partial charge in [-0.2, -0.15) is 5.10 Å². The predicted molar refractivity (Wildman–Crippen MR) is 82.2 cm³/mol. The molecule has 0 spiro atoms. The normalized spacial score (nSPS) is 10.8. The van der Waals surface area contributed by atoms with Gasteiger partial charge in [-0.3, -0.25) is 14.9 Å². The smallest absolute Gasteiger partial charge is 0.267 e. The van der Waals surface area contributed by atoms with E-state index in [1.807, 2.05) is 18.4 Å². The predicted octanol–water partition coefficient (Wildman–Crippen LogP) is 3.38. The lowest BCUT2D eigenvalue weighted by atomic mass is 10.2. The Morgan fingerprint density at radius 2 is 2.24 bits per heavy atom. The maximum atomic E-state index is 11.9. The number of hydrazone groups is 1. The summed E-state index contributed by atoms with van der Waals surface area (Å²) in [5.41, 5.74) is 3.20. The van der Waals surface area contributed by atoms with Crippen molar-refractivity contribution in [1.82, 2.24) is 5.43 Å². The van der Waals surface area contributed by atoms with Crippen LogP contribution in [0.25, 0.3) is 0 Å². The van der Waals surface area contributed by atoms with Gasteiger partial charge in [0.2, 0.25) is 0 Å². The van der Waals surface area contributed by atoms with E-state index in [0.717, 1.165) is 16.5 Å². The molecule has 0 atom stereocenters. The molecule has 0 saturated carbocycles. The molecule has 0 aliphatic heterocycles. The summed E-state index contributed by atoms with van der Waals surface area (Å²) in [5.74, 6) is -0.529. The molecule has 6 nitrogen and oxygen atoms in total. The van der Waals surface area contributed by atoms with Crippen LogP contribution >= 0.6 is 22.9 Å². The molecule has 0 unspecified atom stereocenters. The van der Waals surface area contributed by atoms with Gasteiger partial charge in [0.05, 0.1) is 21.7 Å². The number of rotatable bonds is 4. The average Bonchev–Trinajstić information content (AvgIpc) is 2.84.